The fraction of sp³-hybridized carbons (Fsp3) is 0.692. The van der Waals surface area contributed by atoms with Gasteiger partial charge in [0, 0.05) is 10.9 Å². The van der Waals surface area contributed by atoms with Gasteiger partial charge < -0.3 is 5.32 Å². The van der Waals surface area contributed by atoms with Gasteiger partial charge in [0.05, 0.1) is 0 Å². The lowest BCUT2D eigenvalue weighted by Crippen LogP contribution is -2.44. The highest BCUT2D eigenvalue weighted by Crippen LogP contribution is 2.26. The van der Waals surface area contributed by atoms with Gasteiger partial charge in [-0.3, -0.25) is 0 Å². The molecule has 19 heavy (non-hydrogen) atoms. The number of thiophene rings is 1. The fourth-order valence-corrected chi connectivity index (χ4v) is 5.58. The van der Waals surface area contributed by atoms with Gasteiger partial charge in [-0.15, -0.1) is 11.3 Å². The van der Waals surface area contributed by atoms with Crippen molar-refractivity contribution in [2.45, 2.75) is 43.9 Å². The second-order valence-electron chi connectivity index (χ2n) is 5.34. The van der Waals surface area contributed by atoms with Crippen LogP contribution in [0, 0.1) is 19.8 Å². The van der Waals surface area contributed by atoms with Crippen LogP contribution in [0.3, 0.4) is 0 Å². The van der Waals surface area contributed by atoms with Crippen molar-refractivity contribution in [1.82, 2.24) is 10.0 Å². The van der Waals surface area contributed by atoms with Crippen molar-refractivity contribution >= 4 is 21.4 Å². The van der Waals surface area contributed by atoms with Crippen molar-refractivity contribution in [1.29, 1.82) is 0 Å². The molecule has 0 saturated carbocycles. The summed E-state index contributed by atoms with van der Waals surface area (Å²) in [6.45, 7) is 7.69. The first-order chi connectivity index (χ1) is 8.90. The number of sulfonamides is 1. The molecule has 1 fully saturated rings. The first-order valence-electron chi connectivity index (χ1n) is 6.70. The molecule has 2 rings (SSSR count). The molecule has 2 heterocycles. The molecule has 1 aliphatic heterocycles. The van der Waals surface area contributed by atoms with Crippen LogP contribution in [0.25, 0.3) is 0 Å². The summed E-state index contributed by atoms with van der Waals surface area (Å²) in [5, 5.41) is 3.32. The molecule has 0 spiro atoms. The zero-order valence-corrected chi connectivity index (χ0v) is 13.3. The van der Waals surface area contributed by atoms with Crippen LogP contribution in [-0.4, -0.2) is 27.5 Å². The van der Waals surface area contributed by atoms with E-state index in [4.69, 9.17) is 0 Å². The number of piperidine rings is 1. The van der Waals surface area contributed by atoms with Crippen LogP contribution in [0.5, 0.6) is 0 Å². The van der Waals surface area contributed by atoms with Crippen LogP contribution >= 0.6 is 11.3 Å². The molecule has 0 amide bonds. The van der Waals surface area contributed by atoms with E-state index < -0.39 is 10.0 Å². The van der Waals surface area contributed by atoms with E-state index in [0.717, 1.165) is 36.4 Å². The van der Waals surface area contributed by atoms with E-state index in [1.807, 2.05) is 26.8 Å². The molecule has 4 nitrogen and oxygen atoms in total. The topological polar surface area (TPSA) is 58.2 Å². The quantitative estimate of drug-likeness (QED) is 0.895. The maximum atomic E-state index is 12.4. The second kappa shape index (κ2) is 5.91. The van der Waals surface area contributed by atoms with Gasteiger partial charge in [0.25, 0.3) is 10.0 Å². The van der Waals surface area contributed by atoms with E-state index in [9.17, 15) is 8.42 Å². The molecule has 1 aromatic rings. The van der Waals surface area contributed by atoms with Crippen LogP contribution in [0.1, 0.15) is 30.2 Å². The first kappa shape index (κ1) is 15.0. The van der Waals surface area contributed by atoms with E-state index in [-0.39, 0.29) is 6.04 Å². The van der Waals surface area contributed by atoms with Crippen LogP contribution in [-0.2, 0) is 10.0 Å². The molecule has 2 N–H and O–H groups in total. The van der Waals surface area contributed by atoms with Crippen molar-refractivity contribution < 1.29 is 8.42 Å². The normalized spacial score (nSPS) is 22.4. The summed E-state index contributed by atoms with van der Waals surface area (Å²) in [7, 11) is -3.38. The minimum Gasteiger partial charge on any atom is -0.316 e. The molecule has 0 bridgehead atoms. The Labute approximate surface area is 119 Å². The van der Waals surface area contributed by atoms with Gasteiger partial charge in [0.1, 0.15) is 4.21 Å². The van der Waals surface area contributed by atoms with Crippen LogP contribution in [0.15, 0.2) is 10.3 Å². The molecule has 0 aliphatic carbocycles. The Morgan fingerprint density at radius 1 is 1.47 bits per heavy atom. The Morgan fingerprint density at radius 3 is 2.74 bits per heavy atom. The molecule has 1 saturated heterocycles. The van der Waals surface area contributed by atoms with Crippen LogP contribution in [0.4, 0.5) is 0 Å². The van der Waals surface area contributed by atoms with E-state index in [0.29, 0.717) is 10.1 Å². The monoisotopic (exact) mass is 302 g/mol. The van der Waals surface area contributed by atoms with Crippen LogP contribution < -0.4 is 10.0 Å². The molecule has 108 valence electrons. The minimum atomic E-state index is -3.38. The Morgan fingerprint density at radius 2 is 2.21 bits per heavy atom. The summed E-state index contributed by atoms with van der Waals surface area (Å²) < 4.78 is 28.1. The molecular formula is C13H22N2O2S2. The average Bonchev–Trinajstić information content (AvgIpc) is 2.70. The maximum Gasteiger partial charge on any atom is 0.250 e. The number of rotatable bonds is 4. The Hall–Kier alpha value is -0.430. The molecule has 1 aromatic heterocycles. The third-order valence-corrected chi connectivity index (χ3v) is 6.97. The van der Waals surface area contributed by atoms with Gasteiger partial charge in [-0.2, -0.15) is 0 Å². The summed E-state index contributed by atoms with van der Waals surface area (Å²) in [6, 6.07) is 1.89. The lowest BCUT2D eigenvalue weighted by molar-refractivity contribution is 0.320. The highest BCUT2D eigenvalue weighted by Gasteiger charge is 2.27. The van der Waals surface area contributed by atoms with E-state index in [1.165, 1.54) is 11.3 Å². The molecule has 0 aromatic carbocycles. The summed E-state index contributed by atoms with van der Waals surface area (Å²) in [5.41, 5.74) is 0.837. The molecule has 2 unspecified atom stereocenters. The van der Waals surface area contributed by atoms with Crippen molar-refractivity contribution in [3.8, 4) is 0 Å². The fourth-order valence-electron chi connectivity index (χ4n) is 2.59. The van der Waals surface area contributed by atoms with Gasteiger partial charge in [-0.1, -0.05) is 0 Å². The number of hydrogen-bond donors (Lipinski definition) is 2. The Bertz CT molecular complexity index is 531. The van der Waals surface area contributed by atoms with Gasteiger partial charge in [0.15, 0.2) is 0 Å². The minimum absolute atomic E-state index is 0.0281. The number of nitrogens with one attached hydrogen (secondary N) is 2. The van der Waals surface area contributed by atoms with E-state index in [1.54, 1.807) is 0 Å². The summed E-state index contributed by atoms with van der Waals surface area (Å²) >= 11 is 1.34. The van der Waals surface area contributed by atoms with Gasteiger partial charge in [-0.25, -0.2) is 13.1 Å². The summed E-state index contributed by atoms with van der Waals surface area (Å²) in [5.74, 6) is 0.380. The smallest absolute Gasteiger partial charge is 0.250 e. The summed E-state index contributed by atoms with van der Waals surface area (Å²) in [6.07, 6.45) is 2.20. The molecule has 6 heteroatoms. The predicted octanol–water partition coefficient (Wildman–Crippen LogP) is 2.03. The van der Waals surface area contributed by atoms with Crippen molar-refractivity contribution in [2.75, 3.05) is 13.1 Å². The molecule has 2 atom stereocenters. The van der Waals surface area contributed by atoms with Gasteiger partial charge in [-0.05, 0) is 64.3 Å². The van der Waals surface area contributed by atoms with Crippen molar-refractivity contribution in [3.63, 3.8) is 0 Å². The molecular weight excluding hydrogens is 280 g/mol. The Kier molecular flexibility index (Phi) is 4.66. The lowest BCUT2D eigenvalue weighted by Gasteiger charge is -2.28. The summed E-state index contributed by atoms with van der Waals surface area (Å²) in [4.78, 5) is 1.03. The highest BCUT2D eigenvalue weighted by molar-refractivity contribution is 7.91. The zero-order chi connectivity index (χ0) is 14.0. The molecule has 1 aliphatic rings. The zero-order valence-electron chi connectivity index (χ0n) is 11.7. The average molecular weight is 302 g/mol. The molecule has 0 radical (unpaired) electrons. The predicted molar refractivity (Wildman–Crippen MR) is 79.2 cm³/mol. The third-order valence-electron chi connectivity index (χ3n) is 3.62. The van der Waals surface area contributed by atoms with Gasteiger partial charge >= 0.3 is 0 Å². The number of hydrogen-bond acceptors (Lipinski definition) is 4. The Balaban J connectivity index is 2.10. The van der Waals surface area contributed by atoms with Crippen molar-refractivity contribution in [3.05, 3.63) is 16.5 Å². The van der Waals surface area contributed by atoms with Crippen LogP contribution in [0.2, 0.25) is 0 Å². The SMILES string of the molecule is Cc1cc(C)c(S(=O)(=O)NC(C)C2CCCNC2)s1. The van der Waals surface area contributed by atoms with E-state index >= 15 is 0 Å². The third kappa shape index (κ3) is 3.56. The largest absolute Gasteiger partial charge is 0.316 e. The van der Waals surface area contributed by atoms with E-state index in [2.05, 4.69) is 10.0 Å². The first-order valence-corrected chi connectivity index (χ1v) is 9.00. The highest BCUT2D eigenvalue weighted by atomic mass is 32.2. The number of aryl methyl sites for hydroxylation is 2. The maximum absolute atomic E-state index is 12.4. The van der Waals surface area contributed by atoms with Gasteiger partial charge in [0.2, 0.25) is 0 Å². The standard InChI is InChI=1S/C13H22N2O2S2/c1-9-7-10(2)18-13(9)19(16,17)15-11(3)12-5-4-6-14-8-12/h7,11-12,14-15H,4-6,8H2,1-3H3. The lowest BCUT2D eigenvalue weighted by atomic mass is 9.94. The second-order valence-corrected chi connectivity index (χ2v) is 8.51. The van der Waals surface area contributed by atoms with Crippen molar-refractivity contribution in [2.24, 2.45) is 5.92 Å².